The van der Waals surface area contributed by atoms with Crippen molar-refractivity contribution in [2.45, 2.75) is 39.0 Å². The first kappa shape index (κ1) is 15.8. The van der Waals surface area contributed by atoms with Gasteiger partial charge in [-0.3, -0.25) is 4.79 Å². The van der Waals surface area contributed by atoms with Crippen molar-refractivity contribution in [1.82, 2.24) is 5.32 Å². The third-order valence-electron chi connectivity index (χ3n) is 4.14. The smallest absolute Gasteiger partial charge is 0.251 e. The van der Waals surface area contributed by atoms with Crippen LogP contribution in [0.25, 0.3) is 0 Å². The molecule has 0 bridgehead atoms. The van der Waals surface area contributed by atoms with Gasteiger partial charge in [-0.25, -0.2) is 0 Å². The maximum atomic E-state index is 12.1. The van der Waals surface area contributed by atoms with Crippen LogP contribution >= 0.6 is 0 Å². The summed E-state index contributed by atoms with van der Waals surface area (Å²) in [5.41, 5.74) is 6.57. The molecule has 0 atom stereocenters. The predicted octanol–water partition coefficient (Wildman–Crippen LogP) is 2.72. The lowest BCUT2D eigenvalue weighted by Crippen LogP contribution is -2.31. The zero-order chi connectivity index (χ0) is 15.1. The summed E-state index contributed by atoms with van der Waals surface area (Å²) in [5, 5.41) is 3.02. The summed E-state index contributed by atoms with van der Waals surface area (Å²) in [6.07, 6.45) is 5.51. The van der Waals surface area contributed by atoms with Crippen LogP contribution < -0.4 is 15.8 Å². The fourth-order valence-electron chi connectivity index (χ4n) is 2.40. The summed E-state index contributed by atoms with van der Waals surface area (Å²) in [6, 6.07) is 7.35. The molecule has 116 valence electrons. The van der Waals surface area contributed by atoms with Crippen molar-refractivity contribution in [3.63, 3.8) is 0 Å². The molecule has 0 unspecified atom stereocenters. The van der Waals surface area contributed by atoms with Gasteiger partial charge in [0, 0.05) is 12.1 Å². The van der Waals surface area contributed by atoms with Gasteiger partial charge in [0.05, 0.1) is 6.61 Å². The van der Waals surface area contributed by atoms with Gasteiger partial charge in [-0.05, 0) is 61.9 Å². The number of carbonyl (C=O) groups excluding carboxylic acids is 1. The SMILES string of the molecule is CCCCOc1ccc(C(=O)NCC2(CCN)CC2)cc1. The van der Waals surface area contributed by atoms with Crippen LogP contribution in [-0.4, -0.2) is 25.6 Å². The van der Waals surface area contributed by atoms with Crippen LogP contribution in [0.15, 0.2) is 24.3 Å². The van der Waals surface area contributed by atoms with E-state index in [0.29, 0.717) is 12.1 Å². The molecule has 1 amide bonds. The molecule has 2 rings (SSSR count). The third-order valence-corrected chi connectivity index (χ3v) is 4.14. The molecule has 1 fully saturated rings. The summed E-state index contributed by atoms with van der Waals surface area (Å²) in [7, 11) is 0. The quantitative estimate of drug-likeness (QED) is 0.687. The van der Waals surface area contributed by atoms with Crippen molar-refractivity contribution >= 4 is 5.91 Å². The van der Waals surface area contributed by atoms with Crippen molar-refractivity contribution in [2.24, 2.45) is 11.1 Å². The Balaban J connectivity index is 1.79. The van der Waals surface area contributed by atoms with Gasteiger partial charge >= 0.3 is 0 Å². The Hall–Kier alpha value is -1.55. The number of amides is 1. The van der Waals surface area contributed by atoms with Crippen LogP contribution in [0.2, 0.25) is 0 Å². The highest BCUT2D eigenvalue weighted by Crippen LogP contribution is 2.47. The first-order chi connectivity index (χ1) is 10.2. The Morgan fingerprint density at radius 2 is 2.05 bits per heavy atom. The standard InChI is InChI=1S/C17H26N2O2/c1-2-3-12-21-15-6-4-14(5-7-15)16(20)19-13-17(8-9-17)10-11-18/h4-7H,2-3,8-13,18H2,1H3,(H,19,20). The predicted molar refractivity (Wildman–Crippen MR) is 84.5 cm³/mol. The lowest BCUT2D eigenvalue weighted by molar-refractivity contribution is 0.0944. The largest absolute Gasteiger partial charge is 0.494 e. The summed E-state index contributed by atoms with van der Waals surface area (Å²) in [6.45, 7) is 4.29. The van der Waals surface area contributed by atoms with Gasteiger partial charge in [-0.1, -0.05) is 13.3 Å². The van der Waals surface area contributed by atoms with Crippen LogP contribution in [0.3, 0.4) is 0 Å². The zero-order valence-electron chi connectivity index (χ0n) is 12.9. The topological polar surface area (TPSA) is 64.3 Å². The van der Waals surface area contributed by atoms with Gasteiger partial charge in [0.2, 0.25) is 0 Å². The average molecular weight is 290 g/mol. The maximum Gasteiger partial charge on any atom is 0.251 e. The molecule has 4 nitrogen and oxygen atoms in total. The summed E-state index contributed by atoms with van der Waals surface area (Å²) in [5.74, 6) is 0.806. The Bertz CT molecular complexity index is 452. The molecule has 1 aromatic carbocycles. The Morgan fingerprint density at radius 3 is 2.62 bits per heavy atom. The number of unbranched alkanes of at least 4 members (excludes halogenated alkanes) is 1. The summed E-state index contributed by atoms with van der Waals surface area (Å²) in [4.78, 5) is 12.1. The van der Waals surface area contributed by atoms with Crippen molar-refractivity contribution in [2.75, 3.05) is 19.7 Å². The number of hydrogen-bond donors (Lipinski definition) is 2. The minimum absolute atomic E-state index is 0.0154. The van der Waals surface area contributed by atoms with Crippen molar-refractivity contribution < 1.29 is 9.53 Å². The number of rotatable bonds is 9. The van der Waals surface area contributed by atoms with Gasteiger partial charge in [0.15, 0.2) is 0 Å². The van der Waals surface area contributed by atoms with Gasteiger partial charge in [-0.15, -0.1) is 0 Å². The van der Waals surface area contributed by atoms with Crippen LogP contribution in [-0.2, 0) is 0 Å². The molecule has 1 saturated carbocycles. The number of carbonyl (C=O) groups is 1. The molecule has 0 saturated heterocycles. The molecule has 0 heterocycles. The van der Waals surface area contributed by atoms with E-state index in [9.17, 15) is 4.79 Å². The molecule has 1 aliphatic rings. The fraction of sp³-hybridized carbons (Fsp3) is 0.588. The van der Waals surface area contributed by atoms with Gasteiger partial charge in [-0.2, -0.15) is 0 Å². The van der Waals surface area contributed by atoms with Crippen LogP contribution in [0.4, 0.5) is 0 Å². The second-order valence-electron chi connectivity index (χ2n) is 5.95. The molecule has 3 N–H and O–H groups in total. The second-order valence-corrected chi connectivity index (χ2v) is 5.95. The zero-order valence-corrected chi connectivity index (χ0v) is 12.9. The van der Waals surface area contributed by atoms with Gasteiger partial charge in [0.1, 0.15) is 5.75 Å². The minimum atomic E-state index is -0.0154. The lowest BCUT2D eigenvalue weighted by atomic mass is 10.0. The first-order valence-corrected chi connectivity index (χ1v) is 7.90. The number of hydrogen-bond acceptors (Lipinski definition) is 3. The van der Waals surface area contributed by atoms with E-state index >= 15 is 0 Å². The summed E-state index contributed by atoms with van der Waals surface area (Å²) < 4.78 is 5.59. The van der Waals surface area contributed by atoms with Gasteiger partial charge < -0.3 is 15.8 Å². The first-order valence-electron chi connectivity index (χ1n) is 7.90. The van der Waals surface area contributed by atoms with E-state index in [1.165, 1.54) is 12.8 Å². The Kier molecular flexibility index (Phi) is 5.62. The highest BCUT2D eigenvalue weighted by Gasteiger charge is 2.41. The van der Waals surface area contributed by atoms with Crippen LogP contribution in [0.5, 0.6) is 5.75 Å². The number of benzene rings is 1. The molecular formula is C17H26N2O2. The normalized spacial score (nSPS) is 15.5. The van der Waals surface area contributed by atoms with Crippen molar-refractivity contribution in [3.05, 3.63) is 29.8 Å². The van der Waals surface area contributed by atoms with E-state index in [1.54, 1.807) is 0 Å². The fourth-order valence-corrected chi connectivity index (χ4v) is 2.40. The van der Waals surface area contributed by atoms with E-state index in [-0.39, 0.29) is 11.3 Å². The lowest BCUT2D eigenvalue weighted by Gasteiger charge is -2.15. The Morgan fingerprint density at radius 1 is 1.33 bits per heavy atom. The van der Waals surface area contributed by atoms with Crippen molar-refractivity contribution in [3.8, 4) is 5.75 Å². The molecule has 1 aliphatic carbocycles. The third kappa shape index (κ3) is 4.74. The average Bonchev–Trinajstić information content (AvgIpc) is 3.26. The van der Waals surface area contributed by atoms with E-state index in [0.717, 1.165) is 38.2 Å². The molecule has 1 aromatic rings. The second kappa shape index (κ2) is 7.46. The van der Waals surface area contributed by atoms with E-state index in [2.05, 4.69) is 12.2 Å². The minimum Gasteiger partial charge on any atom is -0.494 e. The number of ether oxygens (including phenoxy) is 1. The van der Waals surface area contributed by atoms with E-state index in [1.807, 2.05) is 24.3 Å². The molecular weight excluding hydrogens is 264 g/mol. The molecule has 0 aromatic heterocycles. The van der Waals surface area contributed by atoms with E-state index in [4.69, 9.17) is 10.5 Å². The molecule has 0 spiro atoms. The highest BCUT2D eigenvalue weighted by atomic mass is 16.5. The number of nitrogens with two attached hydrogens (primary N) is 1. The maximum absolute atomic E-state index is 12.1. The summed E-state index contributed by atoms with van der Waals surface area (Å²) >= 11 is 0. The van der Waals surface area contributed by atoms with E-state index < -0.39 is 0 Å². The van der Waals surface area contributed by atoms with Crippen molar-refractivity contribution in [1.29, 1.82) is 0 Å². The molecule has 0 radical (unpaired) electrons. The molecule has 4 heteroatoms. The van der Waals surface area contributed by atoms with Crippen LogP contribution in [0.1, 0.15) is 49.4 Å². The number of nitrogens with one attached hydrogen (secondary N) is 1. The molecule has 21 heavy (non-hydrogen) atoms. The highest BCUT2D eigenvalue weighted by molar-refractivity contribution is 5.94. The van der Waals surface area contributed by atoms with Crippen LogP contribution in [0, 0.1) is 5.41 Å². The monoisotopic (exact) mass is 290 g/mol. The van der Waals surface area contributed by atoms with Gasteiger partial charge in [0.25, 0.3) is 5.91 Å². The molecule has 0 aliphatic heterocycles. The Labute approximate surface area is 127 Å².